The molecule has 0 radical (unpaired) electrons. The fourth-order valence-corrected chi connectivity index (χ4v) is 4.17. The Kier molecular flexibility index (Phi) is 9.34. The molecule has 2 aromatic rings. The van der Waals surface area contributed by atoms with Crippen molar-refractivity contribution in [1.82, 2.24) is 19.5 Å². The smallest absolute Gasteiger partial charge is 0.312 e. The molecule has 0 bridgehead atoms. The highest BCUT2D eigenvalue weighted by atomic mass is 19.1. The van der Waals surface area contributed by atoms with Gasteiger partial charge in [-0.1, -0.05) is 52.9 Å². The first kappa shape index (κ1) is 27.5. The number of amides is 1. The van der Waals surface area contributed by atoms with E-state index in [0.29, 0.717) is 12.8 Å². The number of hydrogen-bond acceptors (Lipinski definition) is 8. The number of aliphatic hydroxyl groups is 1. The molecule has 0 aliphatic carbocycles. The van der Waals surface area contributed by atoms with Crippen LogP contribution in [0.25, 0.3) is 11.2 Å². The molecule has 0 aromatic carbocycles. The SMILES string of the molecule is C#C[C@]1(OC(=O)C(C)CCC)O[C@@H](n2cnc3c(NC(=O)CCCCCCC)nc(F)nc32)C[C@@H]1O. The number of aromatic nitrogens is 4. The van der Waals surface area contributed by atoms with Crippen molar-refractivity contribution in [2.24, 2.45) is 5.92 Å². The second kappa shape index (κ2) is 12.2. The quantitative estimate of drug-likeness (QED) is 0.193. The monoisotopic (exact) mass is 503 g/mol. The number of ether oxygens (including phenoxy) is 2. The van der Waals surface area contributed by atoms with Crippen molar-refractivity contribution in [3.63, 3.8) is 0 Å². The standard InChI is InChI=1S/C25H34FN5O5/c1-5-8-9-10-11-13-18(33)28-21-20-22(30-24(26)29-21)31(15-27-20)19-14-17(32)25(7-3,35-19)36-23(34)16(4)12-6-2/h3,15-17,19,32H,5-6,8-14H2,1-2,4H3,(H,28,29,30,33)/t16?,17-,19+,25+/m0/s1. The highest BCUT2D eigenvalue weighted by molar-refractivity contribution is 5.96. The molecule has 1 fully saturated rings. The van der Waals surface area contributed by atoms with E-state index in [1.807, 2.05) is 6.92 Å². The van der Waals surface area contributed by atoms with Crippen LogP contribution in [0.4, 0.5) is 10.2 Å². The topological polar surface area (TPSA) is 128 Å². The number of esters is 1. The number of carbonyl (C=O) groups is 2. The number of unbranched alkanes of at least 4 members (excludes halogenated alkanes) is 4. The number of halogens is 1. The average Bonchev–Trinajstić information content (AvgIpc) is 3.40. The molecule has 36 heavy (non-hydrogen) atoms. The van der Waals surface area contributed by atoms with Gasteiger partial charge in [0.2, 0.25) is 5.91 Å². The molecule has 4 atom stereocenters. The number of terminal acetylenes is 1. The fourth-order valence-electron chi connectivity index (χ4n) is 4.17. The minimum Gasteiger partial charge on any atom is -0.418 e. The normalized spacial score (nSPS) is 22.3. The van der Waals surface area contributed by atoms with Crippen molar-refractivity contribution < 1.29 is 28.6 Å². The number of carbonyl (C=O) groups excluding carboxylic acids is 2. The molecule has 1 unspecified atom stereocenters. The summed E-state index contributed by atoms with van der Waals surface area (Å²) >= 11 is 0. The van der Waals surface area contributed by atoms with E-state index >= 15 is 0 Å². The Bertz CT molecular complexity index is 1120. The first-order chi connectivity index (χ1) is 17.2. The lowest BCUT2D eigenvalue weighted by Gasteiger charge is -2.27. The van der Waals surface area contributed by atoms with Crippen LogP contribution in [0.2, 0.25) is 0 Å². The van der Waals surface area contributed by atoms with Gasteiger partial charge >= 0.3 is 17.8 Å². The van der Waals surface area contributed by atoms with Gasteiger partial charge in [0.25, 0.3) is 0 Å². The molecule has 0 spiro atoms. The van der Waals surface area contributed by atoms with E-state index in [9.17, 15) is 19.1 Å². The molecule has 1 saturated heterocycles. The summed E-state index contributed by atoms with van der Waals surface area (Å²) < 4.78 is 26.9. The largest absolute Gasteiger partial charge is 0.418 e. The summed E-state index contributed by atoms with van der Waals surface area (Å²) in [4.78, 5) is 36.6. The fraction of sp³-hybridized carbons (Fsp3) is 0.640. The van der Waals surface area contributed by atoms with Gasteiger partial charge in [-0.15, -0.1) is 6.42 Å². The molecule has 3 rings (SSSR count). The highest BCUT2D eigenvalue weighted by Gasteiger charge is 2.52. The van der Waals surface area contributed by atoms with Crippen LogP contribution in [-0.4, -0.2) is 48.4 Å². The first-order valence-corrected chi connectivity index (χ1v) is 12.5. The zero-order valence-electron chi connectivity index (χ0n) is 21.0. The zero-order valence-corrected chi connectivity index (χ0v) is 21.0. The van der Waals surface area contributed by atoms with E-state index in [2.05, 4.69) is 33.1 Å². The van der Waals surface area contributed by atoms with E-state index in [1.165, 1.54) is 10.9 Å². The number of aliphatic hydroxyl groups excluding tert-OH is 1. The zero-order chi connectivity index (χ0) is 26.3. The summed E-state index contributed by atoms with van der Waals surface area (Å²) in [5.74, 6) is -1.11. The number of hydrogen-bond donors (Lipinski definition) is 2. The van der Waals surface area contributed by atoms with Crippen LogP contribution in [0.15, 0.2) is 6.33 Å². The summed E-state index contributed by atoms with van der Waals surface area (Å²) in [6, 6.07) is 0. The molecule has 2 aromatic heterocycles. The average molecular weight is 504 g/mol. The molecule has 1 aliphatic rings. The highest BCUT2D eigenvalue weighted by Crippen LogP contribution is 2.39. The van der Waals surface area contributed by atoms with Crippen molar-refractivity contribution in [3.05, 3.63) is 12.4 Å². The van der Waals surface area contributed by atoms with Crippen molar-refractivity contribution in [2.75, 3.05) is 5.32 Å². The number of imidazole rings is 1. The van der Waals surface area contributed by atoms with Gasteiger partial charge in [-0.05, 0) is 18.8 Å². The lowest BCUT2D eigenvalue weighted by Crippen LogP contribution is -2.43. The Morgan fingerprint density at radius 2 is 2.08 bits per heavy atom. The summed E-state index contributed by atoms with van der Waals surface area (Å²) in [6.45, 7) is 5.76. The van der Waals surface area contributed by atoms with E-state index < -0.39 is 36.1 Å². The lowest BCUT2D eigenvalue weighted by molar-refractivity contribution is -0.229. The van der Waals surface area contributed by atoms with E-state index in [1.54, 1.807) is 6.92 Å². The number of nitrogens with zero attached hydrogens (tertiary/aromatic N) is 4. The second-order valence-electron chi connectivity index (χ2n) is 9.12. The molecule has 196 valence electrons. The second-order valence-corrected chi connectivity index (χ2v) is 9.12. The van der Waals surface area contributed by atoms with Crippen LogP contribution in [0.5, 0.6) is 0 Å². The third-order valence-electron chi connectivity index (χ3n) is 6.22. The number of fused-ring (bicyclic) bond motifs is 1. The van der Waals surface area contributed by atoms with Gasteiger partial charge in [-0.25, -0.2) is 4.98 Å². The summed E-state index contributed by atoms with van der Waals surface area (Å²) in [6.07, 6.45) is 10.1. The van der Waals surface area contributed by atoms with Gasteiger partial charge in [0.15, 0.2) is 17.0 Å². The van der Waals surface area contributed by atoms with Crippen LogP contribution in [-0.2, 0) is 19.1 Å². The van der Waals surface area contributed by atoms with E-state index in [-0.39, 0.29) is 35.7 Å². The van der Waals surface area contributed by atoms with Crippen LogP contribution in [0, 0.1) is 24.3 Å². The van der Waals surface area contributed by atoms with Gasteiger partial charge in [0.1, 0.15) is 12.3 Å². The molecule has 1 aliphatic heterocycles. The van der Waals surface area contributed by atoms with Crippen molar-refractivity contribution >= 4 is 28.9 Å². The van der Waals surface area contributed by atoms with Gasteiger partial charge in [0, 0.05) is 12.8 Å². The predicted molar refractivity (Wildman–Crippen MR) is 130 cm³/mol. The Morgan fingerprint density at radius 3 is 2.78 bits per heavy atom. The molecule has 0 saturated carbocycles. The molecular formula is C25H34FN5O5. The van der Waals surface area contributed by atoms with Gasteiger partial charge in [-0.2, -0.15) is 14.4 Å². The van der Waals surface area contributed by atoms with Crippen molar-refractivity contribution in [3.8, 4) is 12.3 Å². The number of rotatable bonds is 12. The summed E-state index contributed by atoms with van der Waals surface area (Å²) in [5, 5.41) is 13.3. The maximum absolute atomic E-state index is 14.3. The third-order valence-corrected chi connectivity index (χ3v) is 6.22. The van der Waals surface area contributed by atoms with E-state index in [4.69, 9.17) is 15.9 Å². The molecule has 3 heterocycles. The Hall–Kier alpha value is -3.10. The molecule has 11 heteroatoms. The maximum Gasteiger partial charge on any atom is 0.312 e. The maximum atomic E-state index is 14.3. The van der Waals surface area contributed by atoms with Gasteiger partial charge in [-0.3, -0.25) is 14.2 Å². The molecule has 10 nitrogen and oxygen atoms in total. The molecule has 1 amide bonds. The molecular weight excluding hydrogens is 469 g/mol. The predicted octanol–water partition coefficient (Wildman–Crippen LogP) is 3.85. The van der Waals surface area contributed by atoms with Gasteiger partial charge in [0.05, 0.1) is 12.2 Å². The Balaban J connectivity index is 1.77. The first-order valence-electron chi connectivity index (χ1n) is 12.5. The Morgan fingerprint density at radius 1 is 1.33 bits per heavy atom. The lowest BCUT2D eigenvalue weighted by atomic mass is 10.1. The van der Waals surface area contributed by atoms with Crippen molar-refractivity contribution in [1.29, 1.82) is 0 Å². The Labute approximate surface area is 210 Å². The van der Waals surface area contributed by atoms with Gasteiger partial charge < -0.3 is 19.9 Å². The number of nitrogens with one attached hydrogen (secondary N) is 1. The molecule has 2 N–H and O–H groups in total. The minimum absolute atomic E-state index is 0.0384. The third kappa shape index (κ3) is 6.17. The van der Waals surface area contributed by atoms with Crippen LogP contribution in [0.3, 0.4) is 0 Å². The van der Waals surface area contributed by atoms with Crippen LogP contribution in [0.1, 0.15) is 84.8 Å². The van der Waals surface area contributed by atoms with Crippen LogP contribution >= 0.6 is 0 Å². The summed E-state index contributed by atoms with van der Waals surface area (Å²) in [5.41, 5.74) is 0.192. The van der Waals surface area contributed by atoms with Crippen LogP contribution < -0.4 is 5.32 Å². The van der Waals surface area contributed by atoms with E-state index in [0.717, 1.165) is 32.1 Å². The number of anilines is 1. The minimum atomic E-state index is -2.00. The van der Waals surface area contributed by atoms with Crippen molar-refractivity contribution in [2.45, 2.75) is 96.7 Å². The summed E-state index contributed by atoms with van der Waals surface area (Å²) in [7, 11) is 0.